The third-order valence-corrected chi connectivity index (χ3v) is 0. The van der Waals surface area contributed by atoms with Crippen LogP contribution in [0.5, 0.6) is 0 Å². The Bertz CT molecular complexity index is 97.3. The molecule has 0 aromatic heterocycles. The predicted octanol–water partition coefficient (Wildman–Crippen LogP) is -4.26. The van der Waals surface area contributed by atoms with Crippen molar-refractivity contribution in [3.8, 4) is 0 Å². The van der Waals surface area contributed by atoms with Crippen molar-refractivity contribution >= 4 is 10.4 Å². The van der Waals surface area contributed by atoms with Gasteiger partial charge in [-0.3, -0.25) is 8.42 Å². The first-order valence-electron chi connectivity index (χ1n) is 0.667. The van der Waals surface area contributed by atoms with Gasteiger partial charge in [0.2, 0.25) is 0 Å². The Morgan fingerprint density at radius 1 is 0.818 bits per heavy atom. The summed E-state index contributed by atoms with van der Waals surface area (Å²) in [5, 5.41) is 0. The van der Waals surface area contributed by atoms with E-state index in [4.69, 9.17) is 17.5 Å². The van der Waals surface area contributed by atoms with Crippen LogP contribution in [0.3, 0.4) is 0 Å². The Hall–Kier alpha value is 0.164. The molecule has 0 atom stereocenters. The molecule has 12 N–H and O–H groups in total. The van der Waals surface area contributed by atoms with Gasteiger partial charge in [-0.25, -0.2) is 0 Å². The SMILES string of the molecule is O.O.O.O.O=S(=O)([O-])[O-].[NH4+].[Ni]. The van der Waals surface area contributed by atoms with Gasteiger partial charge in [0.05, 0.1) is 0 Å². The minimum Gasteiger partial charge on any atom is -0.759 e. The van der Waals surface area contributed by atoms with Crippen molar-refractivity contribution in [3.05, 3.63) is 0 Å². The van der Waals surface area contributed by atoms with Crippen LogP contribution in [0.4, 0.5) is 0 Å². The molecule has 0 amide bonds. The zero-order chi connectivity index (χ0) is 4.50. The van der Waals surface area contributed by atoms with Crippen LogP contribution in [0.25, 0.3) is 0 Å². The van der Waals surface area contributed by atoms with Gasteiger partial charge in [-0.05, 0) is 0 Å². The maximum Gasteiger partial charge on any atom is 0.0311 e. The minimum absolute atomic E-state index is 0. The van der Waals surface area contributed by atoms with E-state index in [9.17, 15) is 0 Å². The number of rotatable bonds is 0. The Labute approximate surface area is 73.1 Å². The van der Waals surface area contributed by atoms with E-state index in [1.165, 1.54) is 0 Å². The molecule has 0 aromatic rings. The van der Waals surface area contributed by atoms with Gasteiger partial charge in [-0.2, -0.15) is 0 Å². The molecule has 0 saturated carbocycles. The summed E-state index contributed by atoms with van der Waals surface area (Å²) in [6, 6.07) is 0. The average Bonchev–Trinajstić information content (AvgIpc) is 0.722. The molecule has 0 spiro atoms. The topological polar surface area (TPSA) is 243 Å². The van der Waals surface area contributed by atoms with Gasteiger partial charge in [-0.15, -0.1) is 0 Å². The second-order valence-electron chi connectivity index (χ2n) is 0.408. The van der Waals surface area contributed by atoms with Crippen LogP contribution in [0.1, 0.15) is 0 Å². The van der Waals surface area contributed by atoms with Gasteiger partial charge < -0.3 is 37.2 Å². The smallest absolute Gasteiger partial charge is 0.0311 e. The Morgan fingerprint density at radius 3 is 0.818 bits per heavy atom. The Balaban J connectivity index is -0.00000000533. The zero-order valence-electron chi connectivity index (χ0n) is 5.36. The third kappa shape index (κ3) is 25300. The largest absolute Gasteiger partial charge is 0.759 e. The van der Waals surface area contributed by atoms with Gasteiger partial charge in [0.15, 0.2) is 0 Å². The summed E-state index contributed by atoms with van der Waals surface area (Å²) in [6.45, 7) is 0. The normalized spacial score (nSPS) is 5.27. The molecule has 0 rings (SSSR count). The fraction of sp³-hybridized carbons (Fsp3) is 0. The van der Waals surface area contributed by atoms with Gasteiger partial charge in [0.25, 0.3) is 0 Å². The van der Waals surface area contributed by atoms with Crippen molar-refractivity contribution < 1.29 is 55.9 Å². The van der Waals surface area contributed by atoms with Gasteiger partial charge in [-0.1, -0.05) is 0 Å². The summed E-state index contributed by atoms with van der Waals surface area (Å²) >= 11 is 0. The van der Waals surface area contributed by atoms with Crippen molar-refractivity contribution in [2.75, 3.05) is 0 Å². The molecule has 0 aliphatic heterocycles. The molecule has 11 heavy (non-hydrogen) atoms. The van der Waals surface area contributed by atoms with Crippen molar-refractivity contribution in [2.24, 2.45) is 0 Å². The molecule has 0 bridgehead atoms. The molecular weight excluding hydrogens is 233 g/mol. The Kier molecular flexibility index (Phi) is 136. The summed E-state index contributed by atoms with van der Waals surface area (Å²) in [5.41, 5.74) is 0. The number of hydrogen-bond donors (Lipinski definition) is 1. The number of quaternary nitrogens is 1. The molecular formula is H12NNiO8S-. The van der Waals surface area contributed by atoms with E-state index >= 15 is 0 Å². The van der Waals surface area contributed by atoms with Crippen LogP contribution >= 0.6 is 0 Å². The van der Waals surface area contributed by atoms with E-state index in [0.717, 1.165) is 0 Å². The quantitative estimate of drug-likeness (QED) is 0.252. The molecule has 0 aliphatic rings. The molecule has 82 valence electrons. The fourth-order valence-electron chi connectivity index (χ4n) is 0. The monoisotopic (exact) mass is 244 g/mol. The van der Waals surface area contributed by atoms with Crippen LogP contribution in [0.15, 0.2) is 0 Å². The van der Waals surface area contributed by atoms with E-state index in [1.807, 2.05) is 0 Å². The van der Waals surface area contributed by atoms with E-state index in [-0.39, 0.29) is 44.5 Å². The summed E-state index contributed by atoms with van der Waals surface area (Å²) < 4.78 is 34.1. The standard InChI is InChI=1S/H3N.Ni.H2O4S.4H2O/c;;1-5(2,3)4;;;;/h1H3;;(H2,1,2,3,4);4*1H2/p-1. The molecule has 0 radical (unpaired) electrons. The van der Waals surface area contributed by atoms with E-state index in [1.54, 1.807) is 0 Å². The maximum absolute atomic E-state index is 8.52. The first-order valence-corrected chi connectivity index (χ1v) is 2.00. The van der Waals surface area contributed by atoms with E-state index < -0.39 is 10.4 Å². The third-order valence-electron chi connectivity index (χ3n) is 0. The summed E-state index contributed by atoms with van der Waals surface area (Å²) in [4.78, 5) is 0. The average molecular weight is 245 g/mol. The molecule has 11 heteroatoms. The van der Waals surface area contributed by atoms with Gasteiger partial charge in [0, 0.05) is 26.9 Å². The molecule has 0 aromatic carbocycles. The molecule has 0 aliphatic carbocycles. The van der Waals surface area contributed by atoms with Crippen molar-refractivity contribution in [1.29, 1.82) is 0 Å². The van der Waals surface area contributed by atoms with Gasteiger partial charge in [0.1, 0.15) is 0 Å². The fourth-order valence-corrected chi connectivity index (χ4v) is 0. The zero-order valence-corrected chi connectivity index (χ0v) is 7.16. The molecule has 9 nitrogen and oxygen atoms in total. The molecule has 0 fully saturated rings. The van der Waals surface area contributed by atoms with Crippen molar-refractivity contribution in [2.45, 2.75) is 0 Å². The van der Waals surface area contributed by atoms with Crippen LogP contribution in [0, 0.1) is 0 Å². The molecule has 0 heterocycles. The second kappa shape index (κ2) is 22.5. The first kappa shape index (κ1) is 66.5. The maximum atomic E-state index is 8.52. The van der Waals surface area contributed by atoms with Crippen LogP contribution < -0.4 is 6.15 Å². The number of hydrogen-bond acceptors (Lipinski definition) is 4. The van der Waals surface area contributed by atoms with Crippen molar-refractivity contribution in [1.82, 2.24) is 6.15 Å². The summed E-state index contributed by atoms with van der Waals surface area (Å²) in [6.07, 6.45) is 0. The summed E-state index contributed by atoms with van der Waals surface area (Å²) in [7, 11) is -5.17. The molecule has 0 saturated heterocycles. The van der Waals surface area contributed by atoms with Crippen LogP contribution in [-0.4, -0.2) is 39.4 Å². The van der Waals surface area contributed by atoms with Crippen molar-refractivity contribution in [3.63, 3.8) is 0 Å². The first-order chi connectivity index (χ1) is 2.00. The van der Waals surface area contributed by atoms with Crippen LogP contribution in [-0.2, 0) is 26.9 Å². The van der Waals surface area contributed by atoms with E-state index in [2.05, 4.69) is 0 Å². The predicted molar refractivity (Wildman–Crippen MR) is 30.9 cm³/mol. The molecule has 0 unspecified atom stereocenters. The van der Waals surface area contributed by atoms with Gasteiger partial charge >= 0.3 is 0 Å². The van der Waals surface area contributed by atoms with E-state index in [0.29, 0.717) is 0 Å². The second-order valence-corrected chi connectivity index (χ2v) is 1.22. The Morgan fingerprint density at radius 2 is 0.818 bits per heavy atom. The summed E-state index contributed by atoms with van der Waals surface area (Å²) in [5.74, 6) is 0. The van der Waals surface area contributed by atoms with Crippen LogP contribution in [0.2, 0.25) is 0 Å². The minimum atomic E-state index is -5.17.